The molecule has 108 valence electrons. The maximum absolute atomic E-state index is 12.5. The summed E-state index contributed by atoms with van der Waals surface area (Å²) in [4.78, 5) is 12.5. The van der Waals surface area contributed by atoms with Crippen molar-refractivity contribution < 1.29 is 4.79 Å². The lowest BCUT2D eigenvalue weighted by molar-refractivity contribution is -0.118. The Bertz CT molecular complexity index is 590. The predicted molar refractivity (Wildman–Crippen MR) is 87.2 cm³/mol. The van der Waals surface area contributed by atoms with Crippen LogP contribution in [-0.4, -0.2) is 12.5 Å². The van der Waals surface area contributed by atoms with Crippen LogP contribution in [0, 0.1) is 6.92 Å². The minimum absolute atomic E-state index is 0.0769. The lowest BCUT2D eigenvalue weighted by Gasteiger charge is -2.18. The van der Waals surface area contributed by atoms with Gasteiger partial charge in [0.1, 0.15) is 6.04 Å². The number of amides is 1. The molecule has 0 radical (unpaired) electrons. The van der Waals surface area contributed by atoms with Crippen LogP contribution in [0.4, 0.5) is 5.69 Å². The number of benzene rings is 2. The van der Waals surface area contributed by atoms with Crippen LogP contribution in [0.2, 0.25) is 0 Å². The summed E-state index contributed by atoms with van der Waals surface area (Å²) in [7, 11) is 0. The zero-order chi connectivity index (χ0) is 15.1. The maximum Gasteiger partial charge on any atom is 0.246 e. The summed E-state index contributed by atoms with van der Waals surface area (Å²) in [6, 6.07) is 17.0. The van der Waals surface area contributed by atoms with E-state index in [9.17, 15) is 4.79 Å². The Morgan fingerprint density at radius 3 is 2.43 bits per heavy atom. The van der Waals surface area contributed by atoms with Gasteiger partial charge in [-0.2, -0.15) is 0 Å². The first-order valence-corrected chi connectivity index (χ1v) is 6.97. The number of carbonyl (C=O) groups excluding carboxylic acids is 1. The number of anilines is 1. The third-order valence-corrected chi connectivity index (χ3v) is 3.18. The third-order valence-electron chi connectivity index (χ3n) is 3.18. The van der Waals surface area contributed by atoms with Crippen LogP contribution in [0.3, 0.4) is 0 Å². The van der Waals surface area contributed by atoms with Gasteiger partial charge in [-0.1, -0.05) is 54.1 Å². The second-order valence-corrected chi connectivity index (χ2v) is 4.90. The predicted octanol–water partition coefficient (Wildman–Crippen LogP) is 3.45. The molecular weight excluding hydrogens is 260 g/mol. The zero-order valence-electron chi connectivity index (χ0n) is 12.2. The van der Waals surface area contributed by atoms with Gasteiger partial charge < -0.3 is 5.32 Å². The van der Waals surface area contributed by atoms with Gasteiger partial charge in [0.25, 0.3) is 0 Å². The smallest absolute Gasteiger partial charge is 0.246 e. The van der Waals surface area contributed by atoms with Crippen LogP contribution in [0.5, 0.6) is 0 Å². The molecule has 0 saturated carbocycles. The van der Waals surface area contributed by atoms with Crippen LogP contribution >= 0.6 is 0 Å². The summed E-state index contributed by atoms with van der Waals surface area (Å²) < 4.78 is 0. The van der Waals surface area contributed by atoms with Crippen LogP contribution < -0.4 is 10.6 Å². The van der Waals surface area contributed by atoms with E-state index >= 15 is 0 Å². The number of hydrogen-bond donors (Lipinski definition) is 2. The van der Waals surface area contributed by atoms with Gasteiger partial charge in [0.05, 0.1) is 0 Å². The van der Waals surface area contributed by atoms with E-state index in [1.165, 1.54) is 0 Å². The van der Waals surface area contributed by atoms with E-state index in [0.717, 1.165) is 16.8 Å². The Labute approximate surface area is 125 Å². The molecule has 2 rings (SSSR count). The number of nitrogens with one attached hydrogen (secondary N) is 2. The molecule has 3 heteroatoms. The van der Waals surface area contributed by atoms with Crippen molar-refractivity contribution >= 4 is 11.6 Å². The largest absolute Gasteiger partial charge is 0.324 e. The molecule has 0 aromatic heterocycles. The normalized spacial score (nSPS) is 11.7. The molecule has 0 aliphatic heterocycles. The van der Waals surface area contributed by atoms with Gasteiger partial charge in [-0.3, -0.25) is 10.1 Å². The van der Waals surface area contributed by atoms with Crippen molar-refractivity contribution in [2.45, 2.75) is 13.0 Å². The molecule has 0 fully saturated rings. The third kappa shape index (κ3) is 4.29. The summed E-state index contributed by atoms with van der Waals surface area (Å²) in [5.41, 5.74) is 2.90. The molecule has 0 spiro atoms. The Morgan fingerprint density at radius 2 is 1.81 bits per heavy atom. The molecule has 0 heterocycles. The van der Waals surface area contributed by atoms with E-state index in [1.54, 1.807) is 6.08 Å². The molecule has 3 nitrogen and oxygen atoms in total. The van der Waals surface area contributed by atoms with Crippen molar-refractivity contribution in [3.8, 4) is 0 Å². The first-order valence-electron chi connectivity index (χ1n) is 6.97. The first-order chi connectivity index (χ1) is 10.2. The molecule has 2 aromatic carbocycles. The van der Waals surface area contributed by atoms with E-state index in [1.807, 2.05) is 61.5 Å². The second-order valence-electron chi connectivity index (χ2n) is 4.90. The van der Waals surface area contributed by atoms with E-state index in [4.69, 9.17) is 0 Å². The van der Waals surface area contributed by atoms with Gasteiger partial charge in [-0.15, -0.1) is 6.58 Å². The Kier molecular flexibility index (Phi) is 5.29. The van der Waals surface area contributed by atoms with E-state index < -0.39 is 6.04 Å². The molecule has 0 unspecified atom stereocenters. The van der Waals surface area contributed by atoms with Gasteiger partial charge in [-0.05, 0) is 24.6 Å². The lowest BCUT2D eigenvalue weighted by atomic mass is 10.1. The summed E-state index contributed by atoms with van der Waals surface area (Å²) in [5, 5.41) is 6.13. The van der Waals surface area contributed by atoms with Gasteiger partial charge in [0, 0.05) is 12.2 Å². The number of aryl methyl sites for hydroxylation is 1. The standard InChI is InChI=1S/C18H20N2O/c1-3-13-19-17(15-7-5-4-6-8-15)18(21)20-16-11-9-14(2)10-12-16/h3-12,17,19H,1,13H2,2H3,(H,20,21)/t17-/m1/s1. The molecule has 0 saturated heterocycles. The van der Waals surface area contributed by atoms with Crippen LogP contribution in [0.15, 0.2) is 67.3 Å². The van der Waals surface area contributed by atoms with Gasteiger partial charge >= 0.3 is 0 Å². The maximum atomic E-state index is 12.5. The molecule has 2 N–H and O–H groups in total. The molecule has 21 heavy (non-hydrogen) atoms. The topological polar surface area (TPSA) is 41.1 Å². The fourth-order valence-electron chi connectivity index (χ4n) is 2.06. The molecule has 0 bridgehead atoms. The summed E-state index contributed by atoms with van der Waals surface area (Å²) in [6.07, 6.45) is 1.75. The van der Waals surface area contributed by atoms with Crippen LogP contribution in [-0.2, 0) is 4.79 Å². The summed E-state index contributed by atoms with van der Waals surface area (Å²) in [6.45, 7) is 6.27. The minimum Gasteiger partial charge on any atom is -0.324 e. The van der Waals surface area contributed by atoms with Crippen molar-refractivity contribution in [3.05, 3.63) is 78.4 Å². The Balaban J connectivity index is 2.14. The number of carbonyl (C=O) groups is 1. The Morgan fingerprint density at radius 1 is 1.14 bits per heavy atom. The summed E-state index contributed by atoms with van der Waals surface area (Å²) >= 11 is 0. The second kappa shape index (κ2) is 7.41. The van der Waals surface area contributed by atoms with Gasteiger partial charge in [0.2, 0.25) is 5.91 Å². The molecule has 2 aromatic rings. The lowest BCUT2D eigenvalue weighted by Crippen LogP contribution is -2.33. The van der Waals surface area contributed by atoms with Crippen LogP contribution in [0.25, 0.3) is 0 Å². The summed E-state index contributed by atoms with van der Waals surface area (Å²) in [5.74, 6) is -0.0769. The average molecular weight is 280 g/mol. The fraction of sp³-hybridized carbons (Fsp3) is 0.167. The molecule has 0 aliphatic rings. The SMILES string of the molecule is C=CCN[C@@H](C(=O)Nc1ccc(C)cc1)c1ccccc1. The highest BCUT2D eigenvalue weighted by atomic mass is 16.2. The highest BCUT2D eigenvalue weighted by Crippen LogP contribution is 2.16. The number of rotatable bonds is 6. The van der Waals surface area contributed by atoms with Crippen molar-refractivity contribution in [1.29, 1.82) is 0 Å². The van der Waals surface area contributed by atoms with Crippen LogP contribution in [0.1, 0.15) is 17.2 Å². The van der Waals surface area contributed by atoms with E-state index in [0.29, 0.717) is 6.54 Å². The number of hydrogen-bond acceptors (Lipinski definition) is 2. The van der Waals surface area contributed by atoms with Crippen molar-refractivity contribution in [1.82, 2.24) is 5.32 Å². The van der Waals surface area contributed by atoms with E-state index in [-0.39, 0.29) is 5.91 Å². The van der Waals surface area contributed by atoms with Gasteiger partial charge in [0.15, 0.2) is 0 Å². The highest BCUT2D eigenvalue weighted by molar-refractivity contribution is 5.95. The van der Waals surface area contributed by atoms with Crippen molar-refractivity contribution in [3.63, 3.8) is 0 Å². The zero-order valence-corrected chi connectivity index (χ0v) is 12.2. The Hall–Kier alpha value is -2.39. The highest BCUT2D eigenvalue weighted by Gasteiger charge is 2.19. The van der Waals surface area contributed by atoms with Crippen molar-refractivity contribution in [2.24, 2.45) is 0 Å². The fourth-order valence-corrected chi connectivity index (χ4v) is 2.06. The quantitative estimate of drug-likeness (QED) is 0.796. The van der Waals surface area contributed by atoms with Gasteiger partial charge in [-0.25, -0.2) is 0 Å². The minimum atomic E-state index is -0.398. The monoisotopic (exact) mass is 280 g/mol. The van der Waals surface area contributed by atoms with E-state index in [2.05, 4.69) is 17.2 Å². The molecule has 0 aliphatic carbocycles. The molecule has 1 atom stereocenters. The molecular formula is C18H20N2O. The molecule has 1 amide bonds. The average Bonchev–Trinajstić information content (AvgIpc) is 2.51. The van der Waals surface area contributed by atoms with Crippen molar-refractivity contribution in [2.75, 3.05) is 11.9 Å². The first kappa shape index (κ1) is 15.0.